The number of fused-ring (bicyclic) bond motifs is 1. The van der Waals surface area contributed by atoms with Crippen molar-refractivity contribution in [3.05, 3.63) is 35.0 Å². The van der Waals surface area contributed by atoms with Gasteiger partial charge in [-0.2, -0.15) is 5.10 Å². The fourth-order valence-electron chi connectivity index (χ4n) is 1.26. The Labute approximate surface area is 94.6 Å². The van der Waals surface area contributed by atoms with E-state index < -0.39 is 6.03 Å². The summed E-state index contributed by atoms with van der Waals surface area (Å²) in [6.45, 7) is 0. The van der Waals surface area contributed by atoms with E-state index in [9.17, 15) is 9.18 Å². The molecule has 16 heavy (non-hydrogen) atoms. The number of rotatable bonds is 2. The molecule has 2 amide bonds. The van der Waals surface area contributed by atoms with Crippen LogP contribution < -0.4 is 11.2 Å². The molecule has 0 fully saturated rings. The molecule has 6 heteroatoms. The normalized spacial score (nSPS) is 11.1. The van der Waals surface area contributed by atoms with Crippen molar-refractivity contribution in [2.24, 2.45) is 10.8 Å². The number of benzene rings is 1. The largest absolute Gasteiger partial charge is 0.350 e. The number of amides is 2. The van der Waals surface area contributed by atoms with E-state index >= 15 is 0 Å². The van der Waals surface area contributed by atoms with Gasteiger partial charge in [-0.3, -0.25) is 0 Å². The quantitative estimate of drug-likeness (QED) is 0.609. The third kappa shape index (κ3) is 2.17. The number of nitrogens with two attached hydrogens (primary N) is 1. The van der Waals surface area contributed by atoms with Crippen molar-refractivity contribution in [2.45, 2.75) is 0 Å². The average Bonchev–Trinajstić information content (AvgIpc) is 2.64. The zero-order valence-electron chi connectivity index (χ0n) is 8.11. The molecule has 0 aliphatic carbocycles. The second kappa shape index (κ2) is 4.28. The minimum atomic E-state index is -0.783. The number of nitrogens with zero attached hydrogens (tertiary/aromatic N) is 1. The average molecular weight is 237 g/mol. The van der Waals surface area contributed by atoms with Crippen molar-refractivity contribution in [3.63, 3.8) is 0 Å². The summed E-state index contributed by atoms with van der Waals surface area (Å²) in [4.78, 5) is 10.4. The number of halogens is 1. The minimum Gasteiger partial charge on any atom is -0.350 e. The van der Waals surface area contributed by atoms with Crippen molar-refractivity contribution in [2.75, 3.05) is 0 Å². The molecule has 2 aromatic rings. The molecule has 0 saturated heterocycles. The van der Waals surface area contributed by atoms with E-state index in [0.717, 1.165) is 10.1 Å². The summed E-state index contributed by atoms with van der Waals surface area (Å²) in [5.74, 6) is -0.388. The van der Waals surface area contributed by atoms with E-state index in [-0.39, 0.29) is 5.82 Å². The molecule has 0 aliphatic heterocycles. The lowest BCUT2D eigenvalue weighted by Gasteiger charge is -1.97. The lowest BCUT2D eigenvalue weighted by molar-refractivity contribution is 0.249. The zero-order valence-corrected chi connectivity index (χ0v) is 8.92. The van der Waals surface area contributed by atoms with E-state index in [0.29, 0.717) is 5.56 Å². The number of hydrazone groups is 1. The standard InChI is InChI=1S/C10H8FN3OS/c11-8-3-6-1-2-16-9(6)4-7(8)5-13-14-10(12)15/h1-5H,(H3,12,14,15). The van der Waals surface area contributed by atoms with E-state index in [2.05, 4.69) is 5.10 Å². The molecular weight excluding hydrogens is 229 g/mol. The number of thiophene rings is 1. The molecule has 1 aromatic carbocycles. The van der Waals surface area contributed by atoms with Crippen LogP contribution >= 0.6 is 11.3 Å². The fourth-order valence-corrected chi connectivity index (χ4v) is 2.08. The minimum absolute atomic E-state index is 0.309. The predicted molar refractivity (Wildman–Crippen MR) is 62.1 cm³/mol. The summed E-state index contributed by atoms with van der Waals surface area (Å²) >= 11 is 1.51. The number of hydrogen-bond donors (Lipinski definition) is 2. The molecule has 0 aliphatic rings. The second-order valence-electron chi connectivity index (χ2n) is 3.07. The van der Waals surface area contributed by atoms with Crippen molar-refractivity contribution < 1.29 is 9.18 Å². The number of nitrogens with one attached hydrogen (secondary N) is 1. The first-order chi connectivity index (χ1) is 7.66. The van der Waals surface area contributed by atoms with Gasteiger partial charge < -0.3 is 5.73 Å². The lowest BCUT2D eigenvalue weighted by atomic mass is 10.2. The summed E-state index contributed by atoms with van der Waals surface area (Å²) in [6.07, 6.45) is 1.22. The predicted octanol–water partition coefficient (Wildman–Crippen LogP) is 2.04. The molecule has 0 radical (unpaired) electrons. The van der Waals surface area contributed by atoms with Crippen LogP contribution in [0.5, 0.6) is 0 Å². The van der Waals surface area contributed by atoms with Crippen molar-refractivity contribution in [3.8, 4) is 0 Å². The molecule has 0 saturated carbocycles. The first-order valence-electron chi connectivity index (χ1n) is 4.42. The van der Waals surface area contributed by atoms with Crippen LogP contribution in [0.25, 0.3) is 10.1 Å². The maximum atomic E-state index is 13.5. The summed E-state index contributed by atoms with van der Waals surface area (Å²) in [5.41, 5.74) is 7.13. The number of carbonyl (C=O) groups is 1. The highest BCUT2D eigenvalue weighted by Crippen LogP contribution is 2.23. The number of urea groups is 1. The number of carbonyl (C=O) groups excluding carboxylic acids is 1. The summed E-state index contributed by atoms with van der Waals surface area (Å²) in [5, 5.41) is 6.24. The molecule has 1 aromatic heterocycles. The van der Waals surface area contributed by atoms with Gasteiger partial charge in [-0.05, 0) is 29.0 Å². The highest BCUT2D eigenvalue weighted by Gasteiger charge is 2.03. The van der Waals surface area contributed by atoms with Crippen molar-refractivity contribution >= 4 is 33.7 Å². The molecule has 2 rings (SSSR count). The molecule has 82 valence electrons. The van der Waals surface area contributed by atoms with Gasteiger partial charge in [-0.15, -0.1) is 11.3 Å². The summed E-state index contributed by atoms with van der Waals surface area (Å²) in [7, 11) is 0. The molecular formula is C10H8FN3OS. The fraction of sp³-hybridized carbons (Fsp3) is 0. The van der Waals surface area contributed by atoms with Crippen LogP contribution in [-0.2, 0) is 0 Å². The van der Waals surface area contributed by atoms with E-state index in [1.54, 1.807) is 6.07 Å². The van der Waals surface area contributed by atoms with Crippen LogP contribution in [-0.4, -0.2) is 12.2 Å². The molecule has 0 unspecified atom stereocenters. The Morgan fingerprint density at radius 3 is 3.12 bits per heavy atom. The monoisotopic (exact) mass is 237 g/mol. The van der Waals surface area contributed by atoms with Gasteiger partial charge >= 0.3 is 6.03 Å². The Hall–Kier alpha value is -1.95. The first kappa shape index (κ1) is 10.6. The van der Waals surface area contributed by atoms with Crippen LogP contribution in [0.4, 0.5) is 9.18 Å². The van der Waals surface area contributed by atoms with Crippen LogP contribution in [0.15, 0.2) is 28.7 Å². The van der Waals surface area contributed by atoms with Gasteiger partial charge in [0.2, 0.25) is 0 Å². The smallest absolute Gasteiger partial charge is 0.332 e. The Morgan fingerprint density at radius 2 is 2.38 bits per heavy atom. The van der Waals surface area contributed by atoms with Crippen molar-refractivity contribution in [1.29, 1.82) is 0 Å². The van der Waals surface area contributed by atoms with E-state index in [1.807, 2.05) is 16.9 Å². The molecule has 4 nitrogen and oxygen atoms in total. The highest BCUT2D eigenvalue weighted by molar-refractivity contribution is 7.17. The molecule has 1 heterocycles. The Kier molecular flexibility index (Phi) is 2.82. The van der Waals surface area contributed by atoms with Crippen LogP contribution in [0.3, 0.4) is 0 Å². The second-order valence-corrected chi connectivity index (χ2v) is 4.01. The van der Waals surface area contributed by atoms with E-state index in [4.69, 9.17) is 5.73 Å². The van der Waals surface area contributed by atoms with Gasteiger partial charge in [0, 0.05) is 10.3 Å². The van der Waals surface area contributed by atoms with Gasteiger partial charge in [-0.25, -0.2) is 14.6 Å². The van der Waals surface area contributed by atoms with Crippen LogP contribution in [0.2, 0.25) is 0 Å². The zero-order chi connectivity index (χ0) is 11.5. The van der Waals surface area contributed by atoms with Crippen LogP contribution in [0, 0.1) is 5.82 Å². The van der Waals surface area contributed by atoms with Crippen LogP contribution in [0.1, 0.15) is 5.56 Å². The molecule has 0 bridgehead atoms. The van der Waals surface area contributed by atoms with Crippen molar-refractivity contribution in [1.82, 2.24) is 5.43 Å². The van der Waals surface area contributed by atoms with Gasteiger partial charge in [0.1, 0.15) is 5.82 Å². The third-order valence-corrected chi connectivity index (χ3v) is 2.83. The maximum absolute atomic E-state index is 13.5. The number of hydrogen-bond acceptors (Lipinski definition) is 3. The van der Waals surface area contributed by atoms with Gasteiger partial charge in [0.25, 0.3) is 0 Å². The summed E-state index contributed by atoms with van der Waals surface area (Å²) < 4.78 is 14.5. The first-order valence-corrected chi connectivity index (χ1v) is 5.30. The molecule has 3 N–H and O–H groups in total. The number of primary amides is 1. The van der Waals surface area contributed by atoms with Gasteiger partial charge in [0.05, 0.1) is 6.21 Å². The highest BCUT2D eigenvalue weighted by atomic mass is 32.1. The Bertz CT molecular complexity index is 564. The molecule has 0 atom stereocenters. The SMILES string of the molecule is NC(=O)NN=Cc1cc2sccc2cc1F. The third-order valence-electron chi connectivity index (χ3n) is 1.95. The topological polar surface area (TPSA) is 67.5 Å². The van der Waals surface area contributed by atoms with Gasteiger partial charge in [0.15, 0.2) is 0 Å². The Balaban J connectivity index is 2.32. The Morgan fingerprint density at radius 1 is 1.56 bits per heavy atom. The summed E-state index contributed by atoms with van der Waals surface area (Å²) in [6, 6.07) is 4.15. The maximum Gasteiger partial charge on any atom is 0.332 e. The lowest BCUT2D eigenvalue weighted by Crippen LogP contribution is -2.24. The van der Waals surface area contributed by atoms with E-state index in [1.165, 1.54) is 23.6 Å². The molecule has 0 spiro atoms. The van der Waals surface area contributed by atoms with Gasteiger partial charge in [-0.1, -0.05) is 0 Å².